The summed E-state index contributed by atoms with van der Waals surface area (Å²) in [6, 6.07) is 14.5. The first-order valence-electron chi connectivity index (χ1n) is 11.8. The lowest BCUT2D eigenvalue weighted by Gasteiger charge is -2.35. The third-order valence-corrected chi connectivity index (χ3v) is 6.07. The highest BCUT2D eigenvalue weighted by molar-refractivity contribution is 6.04. The Morgan fingerprint density at radius 2 is 1.47 bits per heavy atom. The minimum atomic E-state index is -0.583. The number of rotatable bonds is 5. The number of benzene rings is 2. The number of hydrogen-bond donors (Lipinski definition) is 2. The van der Waals surface area contributed by atoms with E-state index in [-0.39, 0.29) is 23.2 Å². The van der Waals surface area contributed by atoms with E-state index in [2.05, 4.69) is 46.5 Å². The van der Waals surface area contributed by atoms with Crippen LogP contribution in [0, 0.1) is 0 Å². The molecule has 10 nitrogen and oxygen atoms in total. The van der Waals surface area contributed by atoms with Crippen LogP contribution in [0.5, 0.6) is 0 Å². The lowest BCUT2D eigenvalue weighted by Crippen LogP contribution is -2.48. The van der Waals surface area contributed by atoms with Crippen LogP contribution in [-0.2, 0) is 10.2 Å². The molecule has 2 aromatic carbocycles. The Hall–Kier alpha value is -4.21. The maximum atomic E-state index is 12.5. The predicted octanol–water partition coefficient (Wildman–Crippen LogP) is 3.54. The van der Waals surface area contributed by atoms with Gasteiger partial charge in [-0.05, 0) is 47.4 Å². The van der Waals surface area contributed by atoms with Crippen molar-refractivity contribution in [1.29, 1.82) is 0 Å². The van der Waals surface area contributed by atoms with Gasteiger partial charge in [0.25, 0.3) is 5.91 Å². The lowest BCUT2D eigenvalue weighted by molar-refractivity contribution is -0.129. The van der Waals surface area contributed by atoms with Crippen molar-refractivity contribution in [2.24, 2.45) is 0 Å². The van der Waals surface area contributed by atoms with Gasteiger partial charge in [0.2, 0.25) is 5.91 Å². The van der Waals surface area contributed by atoms with Crippen molar-refractivity contribution in [1.82, 2.24) is 15.1 Å². The van der Waals surface area contributed by atoms with Crippen LogP contribution in [0.25, 0.3) is 0 Å². The van der Waals surface area contributed by atoms with Gasteiger partial charge < -0.3 is 19.5 Å². The summed E-state index contributed by atoms with van der Waals surface area (Å²) in [5.74, 6) is -1.17. The van der Waals surface area contributed by atoms with E-state index in [0.717, 1.165) is 24.3 Å². The maximum Gasteiger partial charge on any atom is 0.322 e. The minimum Gasteiger partial charge on any atom is -0.399 e. The van der Waals surface area contributed by atoms with Crippen LogP contribution >= 0.6 is 0 Å². The summed E-state index contributed by atoms with van der Waals surface area (Å²) in [5.41, 5.74) is 3.10. The van der Waals surface area contributed by atoms with Crippen LogP contribution in [0.15, 0.2) is 52.9 Å². The fourth-order valence-electron chi connectivity index (χ4n) is 3.88. The molecule has 0 bridgehead atoms. The van der Waals surface area contributed by atoms with Gasteiger partial charge in [-0.25, -0.2) is 0 Å². The van der Waals surface area contributed by atoms with Crippen molar-refractivity contribution in [3.05, 3.63) is 65.5 Å². The summed E-state index contributed by atoms with van der Waals surface area (Å²) in [5, 5.41) is 12.7. The third-order valence-electron chi connectivity index (χ3n) is 6.07. The van der Waals surface area contributed by atoms with Crippen LogP contribution in [0.4, 0.5) is 17.4 Å². The molecule has 2 heterocycles. The van der Waals surface area contributed by atoms with Gasteiger partial charge in [-0.1, -0.05) is 38.0 Å². The van der Waals surface area contributed by atoms with E-state index in [1.165, 1.54) is 0 Å². The highest BCUT2D eigenvalue weighted by atomic mass is 16.4. The molecule has 2 N–H and O–H groups in total. The van der Waals surface area contributed by atoms with E-state index in [1.807, 2.05) is 29.2 Å². The molecule has 1 aromatic heterocycles. The normalized spacial score (nSPS) is 13.9. The summed E-state index contributed by atoms with van der Waals surface area (Å²) >= 11 is 0. The Bertz CT molecular complexity index is 1240. The smallest absolute Gasteiger partial charge is 0.322 e. The molecule has 36 heavy (non-hydrogen) atoms. The second kappa shape index (κ2) is 10.2. The van der Waals surface area contributed by atoms with Gasteiger partial charge in [-0.2, -0.15) is 0 Å². The molecule has 0 saturated carbocycles. The Labute approximate surface area is 209 Å². The maximum absolute atomic E-state index is 12.5. The van der Waals surface area contributed by atoms with Crippen molar-refractivity contribution >= 4 is 35.1 Å². The molecular weight excluding hydrogens is 460 g/mol. The summed E-state index contributed by atoms with van der Waals surface area (Å²) in [6.07, 6.45) is 0. The molecule has 0 aliphatic carbocycles. The Kier molecular flexibility index (Phi) is 7.05. The average Bonchev–Trinajstić information content (AvgIpc) is 3.33. The molecular formula is C26H30N6O4. The molecule has 188 valence electrons. The van der Waals surface area contributed by atoms with Crippen molar-refractivity contribution in [2.45, 2.75) is 33.1 Å². The molecule has 0 spiro atoms. The number of piperazine rings is 1. The van der Waals surface area contributed by atoms with Gasteiger partial charge in [0.1, 0.15) is 0 Å². The average molecular weight is 491 g/mol. The van der Waals surface area contributed by atoms with Crippen LogP contribution in [0.2, 0.25) is 0 Å². The van der Waals surface area contributed by atoms with E-state index >= 15 is 0 Å². The molecule has 1 saturated heterocycles. The standard InChI is InChI=1S/C26H30N6O4/c1-17(33)31-13-15-32(16-14-31)21-11-9-20(10-12-21)27-23(35)24-29-30-25(36-24)28-22(34)18-5-7-19(8-6-18)26(2,3)4/h5-12H,13-16H2,1-4H3,(H,27,35)(H,28,30,34). The van der Waals surface area contributed by atoms with Crippen LogP contribution in [0.3, 0.4) is 0 Å². The van der Waals surface area contributed by atoms with E-state index in [1.54, 1.807) is 31.2 Å². The van der Waals surface area contributed by atoms with Gasteiger partial charge >= 0.3 is 17.8 Å². The van der Waals surface area contributed by atoms with E-state index in [4.69, 9.17) is 4.42 Å². The van der Waals surface area contributed by atoms with E-state index < -0.39 is 11.8 Å². The Morgan fingerprint density at radius 1 is 0.833 bits per heavy atom. The molecule has 0 radical (unpaired) electrons. The molecule has 0 atom stereocenters. The number of carbonyl (C=O) groups excluding carboxylic acids is 3. The summed E-state index contributed by atoms with van der Waals surface area (Å²) < 4.78 is 5.33. The number of carbonyl (C=O) groups is 3. The predicted molar refractivity (Wildman–Crippen MR) is 136 cm³/mol. The number of nitrogens with one attached hydrogen (secondary N) is 2. The van der Waals surface area contributed by atoms with Gasteiger partial charge in [0.15, 0.2) is 0 Å². The highest BCUT2D eigenvalue weighted by Crippen LogP contribution is 2.23. The topological polar surface area (TPSA) is 121 Å². The highest BCUT2D eigenvalue weighted by Gasteiger charge is 2.20. The fourth-order valence-corrected chi connectivity index (χ4v) is 3.88. The first-order valence-corrected chi connectivity index (χ1v) is 11.8. The molecule has 1 aliphatic heterocycles. The molecule has 1 fully saturated rings. The first kappa shape index (κ1) is 24.9. The van der Waals surface area contributed by atoms with Gasteiger partial charge in [0.05, 0.1) is 0 Å². The van der Waals surface area contributed by atoms with Crippen LogP contribution in [-0.4, -0.2) is 59.0 Å². The largest absolute Gasteiger partial charge is 0.399 e. The molecule has 10 heteroatoms. The summed E-state index contributed by atoms with van der Waals surface area (Å²) in [6.45, 7) is 10.8. The molecule has 0 unspecified atom stereocenters. The first-order chi connectivity index (χ1) is 17.1. The molecule has 3 aromatic rings. The Balaban J connectivity index is 1.32. The third kappa shape index (κ3) is 5.88. The molecule has 4 rings (SSSR count). The summed E-state index contributed by atoms with van der Waals surface area (Å²) in [4.78, 5) is 40.5. The second-order valence-electron chi connectivity index (χ2n) is 9.69. The van der Waals surface area contributed by atoms with E-state index in [0.29, 0.717) is 24.3 Å². The van der Waals surface area contributed by atoms with Crippen molar-refractivity contribution in [3.63, 3.8) is 0 Å². The quantitative estimate of drug-likeness (QED) is 0.561. The van der Waals surface area contributed by atoms with Gasteiger partial charge in [-0.3, -0.25) is 19.7 Å². The summed E-state index contributed by atoms with van der Waals surface area (Å²) in [7, 11) is 0. The van der Waals surface area contributed by atoms with Crippen LogP contribution in [0.1, 0.15) is 54.3 Å². The number of amides is 3. The van der Waals surface area contributed by atoms with Gasteiger partial charge in [0, 0.05) is 50.0 Å². The number of nitrogens with zero attached hydrogens (tertiary/aromatic N) is 4. The zero-order valence-corrected chi connectivity index (χ0v) is 20.9. The van der Waals surface area contributed by atoms with Crippen molar-refractivity contribution < 1.29 is 18.8 Å². The zero-order valence-electron chi connectivity index (χ0n) is 20.9. The molecule has 1 aliphatic rings. The molecule has 3 amide bonds. The van der Waals surface area contributed by atoms with Gasteiger partial charge in [-0.15, -0.1) is 5.10 Å². The van der Waals surface area contributed by atoms with Crippen molar-refractivity contribution in [2.75, 3.05) is 41.7 Å². The SMILES string of the molecule is CC(=O)N1CCN(c2ccc(NC(=O)c3nnc(NC(=O)c4ccc(C(C)(C)C)cc4)o3)cc2)CC1. The van der Waals surface area contributed by atoms with E-state index in [9.17, 15) is 14.4 Å². The minimum absolute atomic E-state index is 0.0180. The zero-order chi connectivity index (χ0) is 25.9. The van der Waals surface area contributed by atoms with Crippen LogP contribution < -0.4 is 15.5 Å². The van der Waals surface area contributed by atoms with Crippen molar-refractivity contribution in [3.8, 4) is 0 Å². The Morgan fingerprint density at radius 3 is 2.06 bits per heavy atom. The number of hydrogen-bond acceptors (Lipinski definition) is 7. The monoisotopic (exact) mass is 490 g/mol. The number of anilines is 3. The lowest BCUT2D eigenvalue weighted by atomic mass is 9.87. The number of aromatic nitrogens is 2. The fraction of sp³-hybridized carbons (Fsp3) is 0.346. The second-order valence-corrected chi connectivity index (χ2v) is 9.69.